The molecular weight excluding hydrogens is 332 g/mol. The number of rotatable bonds is 11. The zero-order valence-electron chi connectivity index (χ0n) is 15.9. The van der Waals surface area contributed by atoms with Crippen LogP contribution in [0.25, 0.3) is 11.2 Å². The number of imidazole rings is 1. The van der Waals surface area contributed by atoms with Crippen molar-refractivity contribution in [3.63, 3.8) is 0 Å². The molecule has 7 heteroatoms. The molecule has 2 aromatic heterocycles. The minimum atomic E-state index is -0.277. The van der Waals surface area contributed by atoms with Crippen molar-refractivity contribution in [3.05, 3.63) is 27.2 Å². The minimum Gasteiger partial charge on any atom is -0.373 e. The van der Waals surface area contributed by atoms with Crippen molar-refractivity contribution in [2.24, 2.45) is 14.1 Å². The summed E-state index contributed by atoms with van der Waals surface area (Å²) in [7, 11) is 3.45. The molecule has 0 radical (unpaired) electrons. The molecule has 26 heavy (non-hydrogen) atoms. The monoisotopic (exact) mass is 362 g/mol. The van der Waals surface area contributed by atoms with E-state index in [4.69, 9.17) is 4.74 Å². The maximum atomic E-state index is 12.6. The molecule has 1 atom stereocenters. The number of ether oxygens (including phenoxy) is 1. The third kappa shape index (κ3) is 4.44. The van der Waals surface area contributed by atoms with E-state index in [0.717, 1.165) is 25.9 Å². The van der Waals surface area contributed by atoms with Gasteiger partial charge in [-0.3, -0.25) is 13.9 Å². The Morgan fingerprint density at radius 2 is 1.65 bits per heavy atom. The summed E-state index contributed by atoms with van der Waals surface area (Å²) in [5.41, 5.74) is 0.430. The van der Waals surface area contributed by atoms with Crippen LogP contribution in [0.4, 0.5) is 0 Å². The van der Waals surface area contributed by atoms with E-state index >= 15 is 0 Å². The van der Waals surface area contributed by atoms with Gasteiger partial charge >= 0.3 is 5.69 Å². The van der Waals surface area contributed by atoms with Crippen LogP contribution < -0.4 is 11.2 Å². The maximum absolute atomic E-state index is 12.6. The zero-order valence-corrected chi connectivity index (χ0v) is 15.9. The molecule has 3 rings (SSSR count). The van der Waals surface area contributed by atoms with Gasteiger partial charge in [-0.2, -0.15) is 0 Å². The smallest absolute Gasteiger partial charge is 0.332 e. The number of aromatic nitrogens is 4. The largest absolute Gasteiger partial charge is 0.373 e. The van der Waals surface area contributed by atoms with Gasteiger partial charge in [0.2, 0.25) is 0 Å². The van der Waals surface area contributed by atoms with Gasteiger partial charge in [-0.15, -0.1) is 0 Å². The third-order valence-corrected chi connectivity index (χ3v) is 5.26. The SMILES string of the molecule is Cn1cnc2c1c(=O)n(CCCCCCCCCCC1CO1)c(=O)n2C. The Balaban J connectivity index is 1.40. The lowest BCUT2D eigenvalue weighted by atomic mass is 10.1. The van der Waals surface area contributed by atoms with E-state index in [1.807, 2.05) is 0 Å². The normalized spacial score (nSPS) is 16.5. The first-order chi connectivity index (χ1) is 12.6. The molecule has 144 valence electrons. The molecule has 1 aliphatic heterocycles. The van der Waals surface area contributed by atoms with Gasteiger partial charge in [0.05, 0.1) is 19.0 Å². The molecule has 1 aliphatic rings. The van der Waals surface area contributed by atoms with E-state index in [9.17, 15) is 9.59 Å². The number of epoxide rings is 1. The molecule has 0 bridgehead atoms. The number of fused-ring (bicyclic) bond motifs is 1. The van der Waals surface area contributed by atoms with Crippen molar-refractivity contribution < 1.29 is 4.74 Å². The van der Waals surface area contributed by atoms with Crippen molar-refractivity contribution in [3.8, 4) is 0 Å². The van der Waals surface area contributed by atoms with Gasteiger partial charge in [0.25, 0.3) is 5.56 Å². The molecule has 1 unspecified atom stereocenters. The van der Waals surface area contributed by atoms with Crippen molar-refractivity contribution in [1.82, 2.24) is 18.7 Å². The molecule has 7 nitrogen and oxygen atoms in total. The lowest BCUT2D eigenvalue weighted by molar-refractivity contribution is 0.387. The Kier molecular flexibility index (Phi) is 6.29. The second kappa shape index (κ2) is 8.66. The van der Waals surface area contributed by atoms with Crippen LogP contribution in [0.1, 0.15) is 57.8 Å². The Morgan fingerprint density at radius 1 is 1.04 bits per heavy atom. The first kappa shape index (κ1) is 18.9. The second-order valence-electron chi connectivity index (χ2n) is 7.40. The zero-order chi connectivity index (χ0) is 18.5. The van der Waals surface area contributed by atoms with Gasteiger partial charge in [0, 0.05) is 20.6 Å². The highest BCUT2D eigenvalue weighted by atomic mass is 16.6. The van der Waals surface area contributed by atoms with Crippen LogP contribution in [0.2, 0.25) is 0 Å². The van der Waals surface area contributed by atoms with Gasteiger partial charge in [0.15, 0.2) is 11.2 Å². The lowest BCUT2D eigenvalue weighted by Gasteiger charge is -2.08. The molecule has 0 spiro atoms. The van der Waals surface area contributed by atoms with Crippen molar-refractivity contribution in [2.75, 3.05) is 6.61 Å². The summed E-state index contributed by atoms with van der Waals surface area (Å²) in [4.78, 5) is 29.1. The van der Waals surface area contributed by atoms with Gasteiger partial charge in [-0.05, 0) is 12.8 Å². The third-order valence-electron chi connectivity index (χ3n) is 5.26. The van der Waals surface area contributed by atoms with Crippen LogP contribution in [0, 0.1) is 0 Å². The first-order valence-corrected chi connectivity index (χ1v) is 9.82. The van der Waals surface area contributed by atoms with Crippen LogP contribution in [-0.2, 0) is 25.4 Å². The number of nitrogens with zero attached hydrogens (tertiary/aromatic N) is 4. The Hall–Kier alpha value is -1.89. The second-order valence-corrected chi connectivity index (χ2v) is 7.40. The summed E-state index contributed by atoms with van der Waals surface area (Å²) in [6, 6.07) is 0. The molecule has 0 amide bonds. The predicted molar refractivity (Wildman–Crippen MR) is 102 cm³/mol. The van der Waals surface area contributed by atoms with E-state index in [1.165, 1.54) is 47.7 Å². The van der Waals surface area contributed by atoms with Crippen LogP contribution in [0.15, 0.2) is 15.9 Å². The fourth-order valence-corrected chi connectivity index (χ4v) is 3.53. The minimum absolute atomic E-state index is 0.234. The summed E-state index contributed by atoms with van der Waals surface area (Å²) in [5.74, 6) is 0. The van der Waals surface area contributed by atoms with Gasteiger partial charge < -0.3 is 9.30 Å². The number of hydrogen-bond donors (Lipinski definition) is 0. The van der Waals surface area contributed by atoms with E-state index in [-0.39, 0.29) is 11.2 Å². The van der Waals surface area contributed by atoms with Gasteiger partial charge in [-0.25, -0.2) is 9.78 Å². The average Bonchev–Trinajstić information content (AvgIpc) is 3.37. The molecule has 3 heterocycles. The Labute approximate surface area is 153 Å². The first-order valence-electron chi connectivity index (χ1n) is 9.82. The summed E-state index contributed by atoms with van der Waals surface area (Å²) in [6.45, 7) is 1.45. The number of unbranched alkanes of at least 4 members (excludes halogenated alkanes) is 7. The van der Waals surface area contributed by atoms with E-state index in [0.29, 0.717) is 23.8 Å². The maximum Gasteiger partial charge on any atom is 0.332 e. The fraction of sp³-hybridized carbons (Fsp3) is 0.737. The number of aryl methyl sites for hydroxylation is 2. The standard InChI is InChI=1S/C19H30N4O3/c1-21-14-20-17-16(21)18(24)23(19(25)22(17)2)12-10-8-6-4-3-5-7-9-11-15-13-26-15/h14-15H,3-13H2,1-2H3. The summed E-state index contributed by atoms with van der Waals surface area (Å²) < 4.78 is 9.71. The highest BCUT2D eigenvalue weighted by molar-refractivity contribution is 5.69. The summed E-state index contributed by atoms with van der Waals surface area (Å²) >= 11 is 0. The van der Waals surface area contributed by atoms with E-state index < -0.39 is 0 Å². The molecule has 1 fully saturated rings. The van der Waals surface area contributed by atoms with Crippen LogP contribution >= 0.6 is 0 Å². The van der Waals surface area contributed by atoms with Crippen molar-refractivity contribution in [2.45, 2.75) is 70.4 Å². The van der Waals surface area contributed by atoms with E-state index in [1.54, 1.807) is 25.0 Å². The van der Waals surface area contributed by atoms with Crippen molar-refractivity contribution in [1.29, 1.82) is 0 Å². The highest BCUT2D eigenvalue weighted by Gasteiger charge is 2.20. The van der Waals surface area contributed by atoms with Crippen LogP contribution in [-0.4, -0.2) is 31.4 Å². The molecule has 2 aromatic rings. The van der Waals surface area contributed by atoms with E-state index in [2.05, 4.69) is 4.98 Å². The summed E-state index contributed by atoms with van der Waals surface area (Å²) in [5, 5.41) is 0. The predicted octanol–water partition coefficient (Wildman–Crippen LogP) is 2.34. The Bertz CT molecular complexity index is 845. The topological polar surface area (TPSA) is 74.3 Å². The highest BCUT2D eigenvalue weighted by Crippen LogP contribution is 2.18. The molecule has 1 saturated heterocycles. The fourth-order valence-electron chi connectivity index (χ4n) is 3.53. The quantitative estimate of drug-likeness (QED) is 0.454. The average molecular weight is 362 g/mol. The molecule has 0 saturated carbocycles. The van der Waals surface area contributed by atoms with Crippen LogP contribution in [0.3, 0.4) is 0 Å². The molecule has 0 aliphatic carbocycles. The summed E-state index contributed by atoms with van der Waals surface area (Å²) in [6.07, 6.45) is 12.8. The van der Waals surface area contributed by atoms with Gasteiger partial charge in [0.1, 0.15) is 0 Å². The molecule has 0 N–H and O–H groups in total. The molecule has 0 aromatic carbocycles. The Morgan fingerprint density at radius 3 is 2.31 bits per heavy atom. The number of hydrogen-bond acceptors (Lipinski definition) is 4. The van der Waals surface area contributed by atoms with Crippen LogP contribution in [0.5, 0.6) is 0 Å². The molecular formula is C19H30N4O3. The van der Waals surface area contributed by atoms with Crippen molar-refractivity contribution >= 4 is 11.2 Å². The lowest BCUT2D eigenvalue weighted by Crippen LogP contribution is -2.39. The van der Waals surface area contributed by atoms with Gasteiger partial charge in [-0.1, -0.05) is 44.9 Å².